The van der Waals surface area contributed by atoms with Crippen molar-refractivity contribution in [2.24, 2.45) is 0 Å². The van der Waals surface area contributed by atoms with Crippen LogP contribution in [0.1, 0.15) is 52.4 Å². The molecule has 1 atom stereocenters. The fourth-order valence-electron chi connectivity index (χ4n) is 2.68. The minimum Gasteiger partial charge on any atom is -0.393 e. The minimum atomic E-state index is -0.135. The molecular formula is C15H25BrN4O. The van der Waals surface area contributed by atoms with Crippen molar-refractivity contribution < 1.29 is 5.11 Å². The molecular weight excluding hydrogens is 332 g/mol. The molecule has 1 aromatic rings. The van der Waals surface area contributed by atoms with Gasteiger partial charge in [0.05, 0.1) is 10.6 Å². The lowest BCUT2D eigenvalue weighted by Gasteiger charge is -2.27. The quantitative estimate of drug-likeness (QED) is 0.726. The van der Waals surface area contributed by atoms with Gasteiger partial charge in [0.1, 0.15) is 5.82 Å². The summed E-state index contributed by atoms with van der Waals surface area (Å²) in [4.78, 5) is 8.88. The van der Waals surface area contributed by atoms with Crippen LogP contribution in [0.2, 0.25) is 0 Å². The summed E-state index contributed by atoms with van der Waals surface area (Å²) in [5.41, 5.74) is 0. The fourth-order valence-corrected chi connectivity index (χ4v) is 2.98. The first-order chi connectivity index (χ1) is 10.1. The Kier molecular flexibility index (Phi) is 6.23. The molecule has 0 amide bonds. The fraction of sp³-hybridized carbons (Fsp3) is 0.733. The Hall–Kier alpha value is -0.880. The second-order valence-corrected chi connectivity index (χ2v) is 6.73. The van der Waals surface area contributed by atoms with Crippen molar-refractivity contribution in [2.75, 3.05) is 10.6 Å². The highest BCUT2D eigenvalue weighted by Crippen LogP contribution is 2.26. The van der Waals surface area contributed by atoms with Crippen LogP contribution in [0.15, 0.2) is 10.7 Å². The van der Waals surface area contributed by atoms with Crippen LogP contribution in [0.3, 0.4) is 0 Å². The van der Waals surface area contributed by atoms with Crippen LogP contribution >= 0.6 is 15.9 Å². The molecule has 1 aliphatic rings. The van der Waals surface area contributed by atoms with Crippen LogP contribution < -0.4 is 10.6 Å². The number of aliphatic hydroxyl groups is 1. The van der Waals surface area contributed by atoms with Gasteiger partial charge < -0.3 is 15.7 Å². The van der Waals surface area contributed by atoms with Gasteiger partial charge in [-0.05, 0) is 55.0 Å². The highest BCUT2D eigenvalue weighted by Gasteiger charge is 2.20. The molecule has 21 heavy (non-hydrogen) atoms. The molecule has 0 saturated heterocycles. The van der Waals surface area contributed by atoms with E-state index in [1.165, 1.54) is 0 Å². The van der Waals surface area contributed by atoms with Crippen molar-refractivity contribution in [3.8, 4) is 0 Å². The van der Waals surface area contributed by atoms with E-state index in [2.05, 4.69) is 50.4 Å². The topological polar surface area (TPSA) is 70.1 Å². The number of aromatic nitrogens is 2. The maximum absolute atomic E-state index is 9.57. The lowest BCUT2D eigenvalue weighted by Crippen LogP contribution is -2.29. The number of anilines is 2. The van der Waals surface area contributed by atoms with E-state index in [-0.39, 0.29) is 6.10 Å². The molecule has 2 rings (SSSR count). The average molecular weight is 357 g/mol. The summed E-state index contributed by atoms with van der Waals surface area (Å²) >= 11 is 3.50. The zero-order valence-electron chi connectivity index (χ0n) is 12.8. The second-order valence-electron chi connectivity index (χ2n) is 5.87. The van der Waals surface area contributed by atoms with E-state index < -0.39 is 0 Å². The number of hydrogen-bond donors (Lipinski definition) is 3. The van der Waals surface area contributed by atoms with Crippen molar-refractivity contribution in [3.63, 3.8) is 0 Å². The maximum atomic E-state index is 9.57. The van der Waals surface area contributed by atoms with Crippen LogP contribution in [0.4, 0.5) is 11.8 Å². The van der Waals surface area contributed by atoms with Crippen molar-refractivity contribution in [1.29, 1.82) is 0 Å². The Balaban J connectivity index is 1.98. The van der Waals surface area contributed by atoms with Gasteiger partial charge in [-0.25, -0.2) is 4.98 Å². The molecule has 1 fully saturated rings. The van der Waals surface area contributed by atoms with Crippen molar-refractivity contribution >= 4 is 27.7 Å². The molecule has 5 nitrogen and oxygen atoms in total. The van der Waals surface area contributed by atoms with Gasteiger partial charge in [0.15, 0.2) is 0 Å². The Morgan fingerprint density at radius 1 is 1.38 bits per heavy atom. The van der Waals surface area contributed by atoms with Gasteiger partial charge in [-0.2, -0.15) is 4.98 Å². The minimum absolute atomic E-state index is 0.135. The largest absolute Gasteiger partial charge is 0.393 e. The first-order valence-corrected chi connectivity index (χ1v) is 8.61. The van der Waals surface area contributed by atoms with Gasteiger partial charge in [-0.1, -0.05) is 13.3 Å². The maximum Gasteiger partial charge on any atom is 0.224 e. The Bertz CT molecular complexity index is 449. The number of aliphatic hydroxyl groups excluding tert-OH is 1. The number of nitrogens with one attached hydrogen (secondary N) is 2. The first kappa shape index (κ1) is 16.5. The van der Waals surface area contributed by atoms with Crippen molar-refractivity contribution in [3.05, 3.63) is 10.7 Å². The van der Waals surface area contributed by atoms with Crippen molar-refractivity contribution in [1.82, 2.24) is 9.97 Å². The summed E-state index contributed by atoms with van der Waals surface area (Å²) in [6.07, 6.45) is 7.57. The van der Waals surface area contributed by atoms with Crippen molar-refractivity contribution in [2.45, 2.75) is 70.6 Å². The lowest BCUT2D eigenvalue weighted by molar-refractivity contribution is 0.126. The molecule has 1 aliphatic carbocycles. The van der Waals surface area contributed by atoms with E-state index in [4.69, 9.17) is 0 Å². The van der Waals surface area contributed by atoms with Gasteiger partial charge in [-0.3, -0.25) is 0 Å². The smallest absolute Gasteiger partial charge is 0.224 e. The number of nitrogens with zero attached hydrogens (tertiary/aromatic N) is 2. The van der Waals surface area contributed by atoms with Gasteiger partial charge in [0.25, 0.3) is 0 Å². The summed E-state index contributed by atoms with van der Waals surface area (Å²) in [6, 6.07) is 0.745. The first-order valence-electron chi connectivity index (χ1n) is 7.82. The summed E-state index contributed by atoms with van der Waals surface area (Å²) < 4.78 is 0.877. The molecule has 1 saturated carbocycles. The van der Waals surface area contributed by atoms with Gasteiger partial charge in [0.2, 0.25) is 5.95 Å². The normalized spacial score (nSPS) is 23.6. The molecule has 3 N–H and O–H groups in total. The predicted molar refractivity (Wildman–Crippen MR) is 89.6 cm³/mol. The zero-order valence-corrected chi connectivity index (χ0v) is 14.4. The Morgan fingerprint density at radius 3 is 2.76 bits per heavy atom. The molecule has 0 spiro atoms. The van der Waals surface area contributed by atoms with E-state index in [1.807, 2.05) is 0 Å². The number of hydrogen-bond acceptors (Lipinski definition) is 5. The molecule has 0 radical (unpaired) electrons. The van der Waals surface area contributed by atoms with E-state index in [0.717, 1.165) is 48.8 Å². The summed E-state index contributed by atoms with van der Waals surface area (Å²) in [5.74, 6) is 1.50. The highest BCUT2D eigenvalue weighted by molar-refractivity contribution is 9.10. The van der Waals surface area contributed by atoms with Crippen LogP contribution in [0.5, 0.6) is 0 Å². The van der Waals surface area contributed by atoms with E-state index in [0.29, 0.717) is 18.0 Å². The Morgan fingerprint density at radius 2 is 2.10 bits per heavy atom. The van der Waals surface area contributed by atoms with E-state index in [1.54, 1.807) is 6.20 Å². The van der Waals surface area contributed by atoms with Gasteiger partial charge in [0, 0.05) is 18.3 Å². The van der Waals surface area contributed by atoms with E-state index >= 15 is 0 Å². The standard InChI is InChI=1S/C15H25BrN4O/c1-3-4-10(2)18-15-17-9-13(16)14(20-15)19-11-5-7-12(21)8-6-11/h9-12,21H,3-8H2,1-2H3,(H2,17,18,19,20)/t10?,11-,12-. The second kappa shape index (κ2) is 7.94. The Labute approximate surface area is 135 Å². The third-order valence-electron chi connectivity index (χ3n) is 3.88. The summed E-state index contributed by atoms with van der Waals surface area (Å²) in [6.45, 7) is 4.32. The lowest BCUT2D eigenvalue weighted by atomic mass is 9.93. The van der Waals surface area contributed by atoms with E-state index in [9.17, 15) is 5.11 Å². The average Bonchev–Trinajstić information content (AvgIpc) is 2.45. The number of halogens is 1. The number of rotatable bonds is 6. The molecule has 1 heterocycles. The van der Waals surface area contributed by atoms with Gasteiger partial charge in [-0.15, -0.1) is 0 Å². The van der Waals surface area contributed by atoms with Crippen LogP contribution in [0.25, 0.3) is 0 Å². The van der Waals surface area contributed by atoms with Crippen LogP contribution in [-0.2, 0) is 0 Å². The predicted octanol–water partition coefficient (Wildman–Crippen LogP) is 3.56. The molecule has 0 aliphatic heterocycles. The zero-order chi connectivity index (χ0) is 15.2. The monoisotopic (exact) mass is 356 g/mol. The summed E-state index contributed by atoms with van der Waals surface area (Å²) in [7, 11) is 0. The highest BCUT2D eigenvalue weighted by atomic mass is 79.9. The third kappa shape index (κ3) is 5.11. The van der Waals surface area contributed by atoms with Crippen LogP contribution in [-0.4, -0.2) is 33.3 Å². The van der Waals surface area contributed by atoms with Gasteiger partial charge >= 0.3 is 0 Å². The molecule has 1 aromatic heterocycles. The third-order valence-corrected chi connectivity index (χ3v) is 4.46. The molecule has 1 unspecified atom stereocenters. The SMILES string of the molecule is CCCC(C)Nc1ncc(Br)c(N[C@H]2CC[C@H](O)CC2)n1. The molecule has 0 aromatic carbocycles. The summed E-state index contributed by atoms with van der Waals surface area (Å²) in [5, 5.41) is 16.4. The molecule has 0 bridgehead atoms. The molecule has 118 valence electrons. The molecule has 6 heteroatoms. The van der Waals surface area contributed by atoms with Crippen LogP contribution in [0, 0.1) is 0 Å².